The minimum atomic E-state index is -0.582. The van der Waals surface area contributed by atoms with Crippen LogP contribution >= 0.6 is 0 Å². The van der Waals surface area contributed by atoms with Gasteiger partial charge in [0.05, 0.1) is 11.3 Å². The fraction of sp³-hybridized carbons (Fsp3) is 0.0952. The first-order chi connectivity index (χ1) is 13.1. The number of hydrogen-bond donors (Lipinski definition) is 2. The molecule has 27 heavy (non-hydrogen) atoms. The molecule has 6 nitrogen and oxygen atoms in total. The first-order valence-electron chi connectivity index (χ1n) is 8.43. The van der Waals surface area contributed by atoms with Gasteiger partial charge in [0.1, 0.15) is 5.82 Å². The molecule has 3 rings (SSSR count). The number of nitrogens with one attached hydrogen (secondary N) is 2. The van der Waals surface area contributed by atoms with Crippen molar-refractivity contribution in [3.8, 4) is 0 Å². The molecule has 0 atom stereocenters. The monoisotopic (exact) mass is 361 g/mol. The summed E-state index contributed by atoms with van der Waals surface area (Å²) in [4.78, 5) is 28.5. The third kappa shape index (κ3) is 4.92. The van der Waals surface area contributed by atoms with E-state index in [4.69, 9.17) is 4.74 Å². The molecule has 0 saturated heterocycles. The van der Waals surface area contributed by atoms with Crippen LogP contribution in [0.15, 0.2) is 72.9 Å². The molecular weight excluding hydrogens is 342 g/mol. The Morgan fingerprint density at radius 3 is 2.48 bits per heavy atom. The molecule has 0 aliphatic rings. The number of para-hydroxylation sites is 2. The highest BCUT2D eigenvalue weighted by molar-refractivity contribution is 5.99. The molecule has 6 heteroatoms. The van der Waals surface area contributed by atoms with Crippen LogP contribution in [-0.2, 0) is 9.53 Å². The summed E-state index contributed by atoms with van der Waals surface area (Å²) in [7, 11) is 0. The van der Waals surface area contributed by atoms with Gasteiger partial charge >= 0.3 is 5.97 Å². The van der Waals surface area contributed by atoms with Gasteiger partial charge in [-0.05, 0) is 42.8 Å². The van der Waals surface area contributed by atoms with Gasteiger partial charge in [-0.3, -0.25) is 4.79 Å². The van der Waals surface area contributed by atoms with E-state index in [0.717, 1.165) is 11.3 Å². The van der Waals surface area contributed by atoms with E-state index in [1.54, 1.807) is 30.5 Å². The van der Waals surface area contributed by atoms with E-state index < -0.39 is 18.5 Å². The Hall–Kier alpha value is -3.67. The molecule has 3 aromatic rings. The molecule has 0 bridgehead atoms. The first kappa shape index (κ1) is 18.1. The number of aromatic nitrogens is 1. The Bertz CT molecular complexity index is 942. The van der Waals surface area contributed by atoms with Gasteiger partial charge in [-0.25, -0.2) is 9.78 Å². The molecule has 0 spiro atoms. The summed E-state index contributed by atoms with van der Waals surface area (Å²) in [6.07, 6.45) is 1.58. The maximum Gasteiger partial charge on any atom is 0.340 e. The van der Waals surface area contributed by atoms with E-state index in [1.165, 1.54) is 0 Å². The molecular formula is C21H19N3O3. The SMILES string of the molecule is Cc1cccnc1NC(=O)COC(=O)c1ccccc1Nc1ccccc1. The number of anilines is 3. The maximum atomic E-state index is 12.4. The molecule has 1 aromatic heterocycles. The van der Waals surface area contributed by atoms with Crippen molar-refractivity contribution in [3.63, 3.8) is 0 Å². The zero-order valence-corrected chi connectivity index (χ0v) is 14.8. The summed E-state index contributed by atoms with van der Waals surface area (Å²) >= 11 is 0. The second-order valence-corrected chi connectivity index (χ2v) is 5.83. The van der Waals surface area contributed by atoms with Gasteiger partial charge in [-0.2, -0.15) is 0 Å². The average molecular weight is 361 g/mol. The fourth-order valence-electron chi connectivity index (χ4n) is 2.44. The number of aryl methyl sites for hydroxylation is 1. The number of ether oxygens (including phenoxy) is 1. The molecule has 1 amide bonds. The van der Waals surface area contributed by atoms with Crippen molar-refractivity contribution in [2.45, 2.75) is 6.92 Å². The lowest BCUT2D eigenvalue weighted by atomic mass is 10.1. The Labute approximate surface area is 157 Å². The minimum Gasteiger partial charge on any atom is -0.452 e. The zero-order valence-electron chi connectivity index (χ0n) is 14.8. The third-order valence-corrected chi connectivity index (χ3v) is 3.80. The Morgan fingerprint density at radius 2 is 1.70 bits per heavy atom. The van der Waals surface area contributed by atoms with E-state index >= 15 is 0 Å². The average Bonchev–Trinajstić information content (AvgIpc) is 2.69. The molecule has 2 aromatic carbocycles. The number of esters is 1. The molecule has 0 unspecified atom stereocenters. The van der Waals surface area contributed by atoms with Crippen LogP contribution in [0.25, 0.3) is 0 Å². The summed E-state index contributed by atoms with van der Waals surface area (Å²) in [5, 5.41) is 5.81. The zero-order chi connectivity index (χ0) is 19.1. The van der Waals surface area contributed by atoms with Gasteiger partial charge in [0.25, 0.3) is 5.91 Å². The fourth-order valence-corrected chi connectivity index (χ4v) is 2.44. The lowest BCUT2D eigenvalue weighted by molar-refractivity contribution is -0.119. The number of carbonyl (C=O) groups excluding carboxylic acids is 2. The summed E-state index contributed by atoms with van der Waals surface area (Å²) in [5.41, 5.74) is 2.63. The predicted molar refractivity (Wildman–Crippen MR) is 104 cm³/mol. The molecule has 0 radical (unpaired) electrons. The number of pyridine rings is 1. The molecule has 136 valence electrons. The highest BCUT2D eigenvalue weighted by Crippen LogP contribution is 2.21. The smallest absolute Gasteiger partial charge is 0.340 e. The first-order valence-corrected chi connectivity index (χ1v) is 8.43. The maximum absolute atomic E-state index is 12.4. The van der Waals surface area contributed by atoms with Gasteiger partial charge < -0.3 is 15.4 Å². The summed E-state index contributed by atoms with van der Waals surface area (Å²) < 4.78 is 5.16. The van der Waals surface area contributed by atoms with Crippen LogP contribution in [0.5, 0.6) is 0 Å². The van der Waals surface area contributed by atoms with Crippen molar-refractivity contribution in [1.29, 1.82) is 0 Å². The van der Waals surface area contributed by atoms with E-state index in [0.29, 0.717) is 17.1 Å². The van der Waals surface area contributed by atoms with Crippen LogP contribution in [0.2, 0.25) is 0 Å². The Balaban J connectivity index is 1.63. The third-order valence-electron chi connectivity index (χ3n) is 3.80. The number of rotatable bonds is 6. The van der Waals surface area contributed by atoms with Crippen molar-refractivity contribution in [3.05, 3.63) is 84.1 Å². The lowest BCUT2D eigenvalue weighted by Gasteiger charge is -2.12. The number of carbonyl (C=O) groups is 2. The van der Waals surface area contributed by atoms with Gasteiger partial charge in [-0.15, -0.1) is 0 Å². The van der Waals surface area contributed by atoms with Crippen molar-refractivity contribution in [2.24, 2.45) is 0 Å². The Kier molecular flexibility index (Phi) is 5.79. The number of nitrogens with zero attached hydrogens (tertiary/aromatic N) is 1. The molecule has 2 N–H and O–H groups in total. The number of amides is 1. The van der Waals surface area contributed by atoms with Crippen LogP contribution < -0.4 is 10.6 Å². The topological polar surface area (TPSA) is 80.3 Å². The molecule has 1 heterocycles. The van der Waals surface area contributed by atoms with Crippen LogP contribution in [0.4, 0.5) is 17.2 Å². The van der Waals surface area contributed by atoms with Crippen LogP contribution in [0.1, 0.15) is 15.9 Å². The second kappa shape index (κ2) is 8.62. The van der Waals surface area contributed by atoms with Gasteiger partial charge in [0, 0.05) is 11.9 Å². The van der Waals surface area contributed by atoms with E-state index in [9.17, 15) is 9.59 Å². The molecule has 0 aliphatic heterocycles. The van der Waals surface area contributed by atoms with E-state index in [2.05, 4.69) is 15.6 Å². The van der Waals surface area contributed by atoms with Crippen molar-refractivity contribution in [2.75, 3.05) is 17.2 Å². The second-order valence-electron chi connectivity index (χ2n) is 5.83. The highest BCUT2D eigenvalue weighted by Gasteiger charge is 2.15. The molecule has 0 aliphatic carbocycles. The molecule has 0 fully saturated rings. The van der Waals surface area contributed by atoms with Crippen molar-refractivity contribution < 1.29 is 14.3 Å². The van der Waals surface area contributed by atoms with Crippen LogP contribution in [0.3, 0.4) is 0 Å². The summed E-state index contributed by atoms with van der Waals surface area (Å²) in [6, 6.07) is 20.1. The minimum absolute atomic E-state index is 0.350. The summed E-state index contributed by atoms with van der Waals surface area (Å²) in [6.45, 7) is 1.44. The predicted octanol–water partition coefficient (Wildman–Crippen LogP) is 3.93. The van der Waals surface area contributed by atoms with Gasteiger partial charge in [0.2, 0.25) is 0 Å². The quantitative estimate of drug-likeness (QED) is 0.650. The van der Waals surface area contributed by atoms with Crippen molar-refractivity contribution >= 4 is 29.1 Å². The normalized spacial score (nSPS) is 10.1. The largest absolute Gasteiger partial charge is 0.452 e. The lowest BCUT2D eigenvalue weighted by Crippen LogP contribution is -2.22. The van der Waals surface area contributed by atoms with E-state index in [-0.39, 0.29) is 0 Å². The van der Waals surface area contributed by atoms with E-state index in [1.807, 2.05) is 49.4 Å². The number of hydrogen-bond acceptors (Lipinski definition) is 5. The number of benzene rings is 2. The highest BCUT2D eigenvalue weighted by atomic mass is 16.5. The molecule has 0 saturated carbocycles. The van der Waals surface area contributed by atoms with Crippen LogP contribution in [-0.4, -0.2) is 23.5 Å². The van der Waals surface area contributed by atoms with Gasteiger partial charge in [0.15, 0.2) is 6.61 Å². The standard InChI is InChI=1S/C21H19N3O3/c1-15-8-7-13-22-20(15)24-19(25)14-27-21(26)17-11-5-6-12-18(17)23-16-9-3-2-4-10-16/h2-13,23H,14H2,1H3,(H,22,24,25). The summed E-state index contributed by atoms with van der Waals surface area (Å²) in [5.74, 6) is -0.578. The van der Waals surface area contributed by atoms with Gasteiger partial charge in [-0.1, -0.05) is 36.4 Å². The van der Waals surface area contributed by atoms with Crippen LogP contribution in [0, 0.1) is 6.92 Å². The Morgan fingerprint density at radius 1 is 0.963 bits per heavy atom. The van der Waals surface area contributed by atoms with Crippen molar-refractivity contribution in [1.82, 2.24) is 4.98 Å².